The molecule has 1 amide bonds. The molecule has 4 saturated carbocycles. The van der Waals surface area contributed by atoms with E-state index in [0.29, 0.717) is 0 Å². The normalized spacial score (nSPS) is 34.1. The summed E-state index contributed by atoms with van der Waals surface area (Å²) in [6.07, 6.45) is 12.7. The topological polar surface area (TPSA) is 89.0 Å². The third-order valence-corrected chi connectivity index (χ3v) is 7.50. The van der Waals surface area contributed by atoms with Crippen LogP contribution in [0.3, 0.4) is 0 Å². The minimum atomic E-state index is -3.98. The maximum absolute atomic E-state index is 12.3. The summed E-state index contributed by atoms with van der Waals surface area (Å²) in [7, 11) is -3.98. The van der Waals surface area contributed by atoms with Crippen LogP contribution in [0.1, 0.15) is 45.4 Å². The van der Waals surface area contributed by atoms with Gasteiger partial charge < -0.3 is 0 Å². The first kappa shape index (κ1) is 16.7. The van der Waals surface area contributed by atoms with Gasteiger partial charge in [0.1, 0.15) is 0 Å². The molecule has 1 aromatic rings. The Kier molecular flexibility index (Phi) is 3.94. The van der Waals surface area contributed by atoms with Crippen LogP contribution in [-0.4, -0.2) is 24.3 Å². The van der Waals surface area contributed by atoms with Gasteiger partial charge in [0, 0.05) is 18.5 Å². The molecule has 0 aliphatic heterocycles. The minimum absolute atomic E-state index is 0.0996. The van der Waals surface area contributed by atoms with Crippen molar-refractivity contribution in [2.45, 2.75) is 50.5 Å². The molecule has 4 aliphatic carbocycles. The number of aromatic nitrogens is 2. The average Bonchev–Trinajstić information content (AvgIpc) is 2.53. The Balaban J connectivity index is 1.52. The number of carbonyl (C=O) groups is 1. The number of allylic oxidation sites excluding steroid dienone is 1. The fourth-order valence-electron chi connectivity index (χ4n) is 5.58. The molecule has 4 bridgehead atoms. The second-order valence-corrected chi connectivity index (χ2v) is 9.67. The molecule has 4 aliphatic rings. The Morgan fingerprint density at radius 3 is 2.28 bits per heavy atom. The molecule has 25 heavy (non-hydrogen) atoms. The maximum Gasteiger partial charge on any atom is 0.283 e. The summed E-state index contributed by atoms with van der Waals surface area (Å²) < 4.78 is 26.5. The molecular formula is C18H23N3O3S. The van der Waals surface area contributed by atoms with Crippen molar-refractivity contribution in [1.29, 1.82) is 0 Å². The molecular weight excluding hydrogens is 338 g/mol. The summed E-state index contributed by atoms with van der Waals surface area (Å²) in [5.41, 5.74) is 1.13. The van der Waals surface area contributed by atoms with E-state index in [1.165, 1.54) is 37.7 Å². The number of hydrogen-bond acceptors (Lipinski definition) is 5. The maximum atomic E-state index is 12.3. The lowest BCUT2D eigenvalue weighted by Crippen LogP contribution is -2.46. The Morgan fingerprint density at radius 1 is 1.16 bits per heavy atom. The number of amides is 1. The molecule has 6 nitrogen and oxygen atoms in total. The number of nitrogens with zero attached hydrogens (tertiary/aromatic N) is 2. The van der Waals surface area contributed by atoms with Crippen molar-refractivity contribution in [2.24, 2.45) is 23.2 Å². The molecule has 7 heteroatoms. The number of sulfonamides is 1. The highest BCUT2D eigenvalue weighted by Crippen LogP contribution is 2.62. The van der Waals surface area contributed by atoms with Gasteiger partial charge in [-0.05, 0) is 68.6 Å². The molecule has 1 aromatic heterocycles. The lowest BCUT2D eigenvalue weighted by atomic mass is 9.48. The van der Waals surface area contributed by atoms with Crippen molar-refractivity contribution >= 4 is 15.9 Å². The van der Waals surface area contributed by atoms with Crippen molar-refractivity contribution in [3.8, 4) is 0 Å². The molecule has 1 heterocycles. The van der Waals surface area contributed by atoms with Gasteiger partial charge in [0.2, 0.25) is 0 Å². The zero-order valence-electron chi connectivity index (χ0n) is 14.3. The summed E-state index contributed by atoms with van der Waals surface area (Å²) in [6.45, 7) is 1.99. The summed E-state index contributed by atoms with van der Waals surface area (Å²) in [4.78, 5) is 19.8. The first-order valence-electron chi connectivity index (χ1n) is 8.88. The van der Waals surface area contributed by atoms with Crippen molar-refractivity contribution in [1.82, 2.24) is 14.7 Å². The van der Waals surface area contributed by atoms with E-state index in [4.69, 9.17) is 0 Å². The van der Waals surface area contributed by atoms with Crippen LogP contribution in [-0.2, 0) is 14.8 Å². The van der Waals surface area contributed by atoms with E-state index < -0.39 is 15.9 Å². The van der Waals surface area contributed by atoms with E-state index in [0.717, 1.165) is 48.8 Å². The molecule has 0 unspecified atom stereocenters. The highest BCUT2D eigenvalue weighted by atomic mass is 32.2. The van der Waals surface area contributed by atoms with Gasteiger partial charge in [0.25, 0.3) is 15.9 Å². The van der Waals surface area contributed by atoms with Gasteiger partial charge in [0.05, 0.1) is 6.20 Å². The van der Waals surface area contributed by atoms with E-state index in [1.54, 1.807) is 0 Å². The smallest absolute Gasteiger partial charge is 0.269 e. The van der Waals surface area contributed by atoms with Gasteiger partial charge in [-0.3, -0.25) is 9.78 Å². The summed E-state index contributed by atoms with van der Waals surface area (Å²) in [5.74, 6) is 1.74. The molecule has 134 valence electrons. The van der Waals surface area contributed by atoms with Crippen LogP contribution >= 0.6 is 0 Å². The van der Waals surface area contributed by atoms with Gasteiger partial charge >= 0.3 is 0 Å². The monoisotopic (exact) mass is 361 g/mol. The minimum Gasteiger partial charge on any atom is -0.269 e. The summed E-state index contributed by atoms with van der Waals surface area (Å²) >= 11 is 0. The molecule has 5 rings (SSSR count). The van der Waals surface area contributed by atoms with Crippen molar-refractivity contribution in [3.05, 3.63) is 30.2 Å². The fraction of sp³-hybridized carbons (Fsp3) is 0.611. The zero-order chi connectivity index (χ0) is 17.7. The van der Waals surface area contributed by atoms with Crippen LogP contribution in [0.15, 0.2) is 35.3 Å². The van der Waals surface area contributed by atoms with E-state index >= 15 is 0 Å². The largest absolute Gasteiger partial charge is 0.283 e. The molecule has 4 fully saturated rings. The highest BCUT2D eigenvalue weighted by Gasteiger charge is 2.51. The molecule has 0 saturated heterocycles. The van der Waals surface area contributed by atoms with Gasteiger partial charge in [-0.15, -0.1) is 0 Å². The molecule has 0 spiro atoms. The quantitative estimate of drug-likeness (QED) is 0.832. The number of nitrogens with one attached hydrogen (secondary N) is 1. The highest BCUT2D eigenvalue weighted by molar-refractivity contribution is 7.90. The third kappa shape index (κ3) is 3.10. The van der Waals surface area contributed by atoms with Gasteiger partial charge in [-0.1, -0.05) is 5.57 Å². The van der Waals surface area contributed by atoms with Crippen LogP contribution in [0.25, 0.3) is 0 Å². The first-order valence-corrected chi connectivity index (χ1v) is 10.4. The second-order valence-electron chi connectivity index (χ2n) is 8.04. The van der Waals surface area contributed by atoms with Gasteiger partial charge in [-0.2, -0.15) is 8.42 Å². The van der Waals surface area contributed by atoms with Crippen molar-refractivity contribution in [2.75, 3.05) is 0 Å². The number of carbonyl (C=O) groups excluding carboxylic acids is 1. The van der Waals surface area contributed by atoms with E-state index in [-0.39, 0.29) is 10.4 Å². The van der Waals surface area contributed by atoms with E-state index in [1.807, 2.05) is 6.92 Å². The van der Waals surface area contributed by atoms with Gasteiger partial charge in [0.15, 0.2) is 5.03 Å². The van der Waals surface area contributed by atoms with E-state index in [9.17, 15) is 13.2 Å². The Morgan fingerprint density at radius 2 is 1.76 bits per heavy atom. The molecule has 0 radical (unpaired) electrons. The summed E-state index contributed by atoms with van der Waals surface area (Å²) in [6, 6.07) is 0. The second kappa shape index (κ2) is 5.90. The predicted octanol–water partition coefficient (Wildman–Crippen LogP) is 2.44. The lowest BCUT2D eigenvalue weighted by Gasteiger charge is -2.57. The standard InChI is InChI=1S/C18H23N3O3S/c1-12(18-8-13-5-14(9-18)7-15(6-13)10-18)4-16(22)21-25(23,24)17-11-19-2-3-20-17/h2-4,11,13-15H,5-10H2,1H3,(H,21,22)/b12-4-. The molecule has 0 aromatic carbocycles. The average molecular weight is 361 g/mol. The first-order chi connectivity index (χ1) is 11.9. The van der Waals surface area contributed by atoms with Crippen LogP contribution in [0.2, 0.25) is 0 Å². The third-order valence-electron chi connectivity index (χ3n) is 6.27. The molecule has 1 N–H and O–H groups in total. The van der Waals surface area contributed by atoms with Crippen molar-refractivity contribution < 1.29 is 13.2 Å². The van der Waals surface area contributed by atoms with Crippen LogP contribution in [0.5, 0.6) is 0 Å². The van der Waals surface area contributed by atoms with E-state index in [2.05, 4.69) is 14.7 Å². The van der Waals surface area contributed by atoms with Crippen LogP contribution in [0.4, 0.5) is 0 Å². The van der Waals surface area contributed by atoms with Crippen molar-refractivity contribution in [3.63, 3.8) is 0 Å². The molecule has 0 atom stereocenters. The van der Waals surface area contributed by atoms with Crippen LogP contribution in [0, 0.1) is 23.2 Å². The number of hydrogen-bond donors (Lipinski definition) is 1. The summed E-state index contributed by atoms with van der Waals surface area (Å²) in [5, 5.41) is -0.246. The SMILES string of the molecule is C/C(=C/C(=O)NS(=O)(=O)c1cnccn1)C12CC3CC(CC(C3)C1)C2. The Hall–Kier alpha value is -1.76. The Labute approximate surface area is 148 Å². The fourth-order valence-corrected chi connectivity index (χ4v) is 6.41. The predicted molar refractivity (Wildman–Crippen MR) is 91.7 cm³/mol. The Bertz CT molecular complexity index is 782. The number of rotatable bonds is 4. The van der Waals surface area contributed by atoms with Crippen LogP contribution < -0.4 is 4.72 Å². The zero-order valence-corrected chi connectivity index (χ0v) is 15.1. The van der Waals surface area contributed by atoms with Gasteiger partial charge in [-0.25, -0.2) is 9.71 Å². The lowest BCUT2D eigenvalue weighted by molar-refractivity contribution is -0.115.